The van der Waals surface area contributed by atoms with Crippen LogP contribution >= 0.6 is 0 Å². The molecule has 0 bridgehead atoms. The van der Waals surface area contributed by atoms with Gasteiger partial charge in [-0.1, -0.05) is 12.1 Å². The van der Waals surface area contributed by atoms with Gasteiger partial charge in [-0.3, -0.25) is 4.79 Å². The molecule has 1 N–H and O–H groups in total. The van der Waals surface area contributed by atoms with Gasteiger partial charge in [-0.25, -0.2) is 8.42 Å². The number of hydrogen-bond acceptors (Lipinski definition) is 3. The van der Waals surface area contributed by atoms with Gasteiger partial charge in [0.2, 0.25) is 9.84 Å². The van der Waals surface area contributed by atoms with E-state index in [-0.39, 0.29) is 11.3 Å². The SMILES string of the molecule is Cc1ccc2c(c1)S(=O)(=O)C=C2CC(C)(C)C(=O)O. The lowest BCUT2D eigenvalue weighted by Gasteiger charge is -2.19. The summed E-state index contributed by atoms with van der Waals surface area (Å²) in [6, 6.07) is 5.21. The van der Waals surface area contributed by atoms with Gasteiger partial charge >= 0.3 is 5.97 Å². The molecular formula is C14H16O4S. The number of benzene rings is 1. The summed E-state index contributed by atoms with van der Waals surface area (Å²) in [6.45, 7) is 5.01. The smallest absolute Gasteiger partial charge is 0.309 e. The van der Waals surface area contributed by atoms with E-state index >= 15 is 0 Å². The fourth-order valence-electron chi connectivity index (χ4n) is 2.13. The molecule has 0 fully saturated rings. The summed E-state index contributed by atoms with van der Waals surface area (Å²) in [5.74, 6) is -0.939. The number of aliphatic carboxylic acids is 1. The number of fused-ring (bicyclic) bond motifs is 1. The van der Waals surface area contributed by atoms with Crippen molar-refractivity contribution in [3.05, 3.63) is 34.7 Å². The molecule has 1 aliphatic heterocycles. The van der Waals surface area contributed by atoms with E-state index in [1.807, 2.05) is 13.0 Å². The number of hydrogen-bond donors (Lipinski definition) is 1. The molecule has 0 saturated heterocycles. The van der Waals surface area contributed by atoms with Gasteiger partial charge in [0.1, 0.15) is 0 Å². The van der Waals surface area contributed by atoms with E-state index in [2.05, 4.69) is 0 Å². The highest BCUT2D eigenvalue weighted by Crippen LogP contribution is 2.40. The molecule has 2 rings (SSSR count). The summed E-state index contributed by atoms with van der Waals surface area (Å²) < 4.78 is 24.1. The van der Waals surface area contributed by atoms with Crippen LogP contribution < -0.4 is 0 Å². The highest BCUT2D eigenvalue weighted by molar-refractivity contribution is 7.95. The summed E-state index contributed by atoms with van der Waals surface area (Å²) in [6.07, 6.45) is 0.192. The fourth-order valence-corrected chi connectivity index (χ4v) is 3.70. The van der Waals surface area contributed by atoms with Crippen LogP contribution in [-0.2, 0) is 14.6 Å². The van der Waals surface area contributed by atoms with E-state index in [0.29, 0.717) is 11.1 Å². The molecule has 0 saturated carbocycles. The van der Waals surface area contributed by atoms with Crippen molar-refractivity contribution in [2.45, 2.75) is 32.1 Å². The zero-order valence-electron chi connectivity index (χ0n) is 11.1. The zero-order chi connectivity index (χ0) is 14.4. The number of aryl methyl sites for hydroxylation is 1. The maximum Gasteiger partial charge on any atom is 0.309 e. The predicted molar refractivity (Wildman–Crippen MR) is 72.4 cm³/mol. The van der Waals surface area contributed by atoms with Crippen molar-refractivity contribution in [2.24, 2.45) is 5.41 Å². The van der Waals surface area contributed by atoms with Crippen molar-refractivity contribution in [1.29, 1.82) is 0 Å². The molecule has 0 atom stereocenters. The highest BCUT2D eigenvalue weighted by atomic mass is 32.2. The van der Waals surface area contributed by atoms with Crippen LogP contribution in [0.5, 0.6) is 0 Å². The maximum atomic E-state index is 12.0. The van der Waals surface area contributed by atoms with E-state index in [9.17, 15) is 13.2 Å². The third-order valence-electron chi connectivity index (χ3n) is 3.30. The number of rotatable bonds is 3. The van der Waals surface area contributed by atoms with E-state index in [4.69, 9.17) is 5.11 Å². The van der Waals surface area contributed by atoms with Crippen LogP contribution in [0.3, 0.4) is 0 Å². The lowest BCUT2D eigenvalue weighted by atomic mass is 9.84. The Bertz CT molecular complexity index is 681. The van der Waals surface area contributed by atoms with Crippen molar-refractivity contribution >= 4 is 21.4 Å². The maximum absolute atomic E-state index is 12.0. The molecule has 0 spiro atoms. The molecule has 19 heavy (non-hydrogen) atoms. The summed E-state index contributed by atoms with van der Waals surface area (Å²) >= 11 is 0. The standard InChI is InChI=1S/C14H16O4S/c1-9-4-5-11-10(7-14(2,3)13(15)16)8-19(17,18)12(11)6-9/h4-6,8H,7H2,1-3H3,(H,15,16). The van der Waals surface area contributed by atoms with Crippen molar-refractivity contribution in [2.75, 3.05) is 0 Å². The zero-order valence-corrected chi connectivity index (χ0v) is 11.9. The molecule has 0 aliphatic carbocycles. The quantitative estimate of drug-likeness (QED) is 0.923. The predicted octanol–water partition coefficient (Wildman–Crippen LogP) is 2.62. The molecule has 5 heteroatoms. The minimum absolute atomic E-state index is 0.192. The van der Waals surface area contributed by atoms with Crippen LogP contribution in [0.4, 0.5) is 0 Å². The van der Waals surface area contributed by atoms with Crippen LogP contribution in [0.25, 0.3) is 5.57 Å². The Morgan fingerprint density at radius 2 is 1.95 bits per heavy atom. The lowest BCUT2D eigenvalue weighted by Crippen LogP contribution is -2.23. The topological polar surface area (TPSA) is 71.4 Å². The van der Waals surface area contributed by atoms with Crippen LogP contribution in [0.15, 0.2) is 28.5 Å². The van der Waals surface area contributed by atoms with E-state index in [0.717, 1.165) is 5.56 Å². The molecule has 1 aromatic carbocycles. The third kappa shape index (κ3) is 2.42. The molecule has 0 amide bonds. The minimum Gasteiger partial charge on any atom is -0.481 e. The first-order valence-corrected chi connectivity index (χ1v) is 7.48. The summed E-state index contributed by atoms with van der Waals surface area (Å²) in [4.78, 5) is 11.4. The molecule has 0 unspecified atom stereocenters. The Hall–Kier alpha value is -1.62. The molecular weight excluding hydrogens is 264 g/mol. The van der Waals surface area contributed by atoms with Crippen LogP contribution in [0, 0.1) is 12.3 Å². The van der Waals surface area contributed by atoms with Crippen molar-refractivity contribution in [3.63, 3.8) is 0 Å². The average molecular weight is 280 g/mol. The van der Waals surface area contributed by atoms with Gasteiger partial charge < -0.3 is 5.11 Å². The number of carbonyl (C=O) groups is 1. The Kier molecular flexibility index (Phi) is 3.05. The van der Waals surface area contributed by atoms with Crippen LogP contribution in [0.2, 0.25) is 0 Å². The second-order valence-electron chi connectivity index (χ2n) is 5.55. The second-order valence-corrected chi connectivity index (χ2v) is 7.32. The summed E-state index contributed by atoms with van der Waals surface area (Å²) in [7, 11) is -3.43. The van der Waals surface area contributed by atoms with Crippen LogP contribution in [-0.4, -0.2) is 19.5 Å². The Balaban J connectivity index is 2.50. The Labute approximate surface area is 112 Å². The van der Waals surface area contributed by atoms with Gasteiger partial charge in [-0.05, 0) is 50.0 Å². The first-order chi connectivity index (χ1) is 8.63. The van der Waals surface area contributed by atoms with Crippen LogP contribution in [0.1, 0.15) is 31.4 Å². The van der Waals surface area contributed by atoms with E-state index in [1.165, 1.54) is 5.41 Å². The van der Waals surface area contributed by atoms with Gasteiger partial charge in [0.05, 0.1) is 10.3 Å². The Morgan fingerprint density at radius 3 is 2.53 bits per heavy atom. The normalized spacial score (nSPS) is 16.9. The lowest BCUT2D eigenvalue weighted by molar-refractivity contribution is -0.146. The van der Waals surface area contributed by atoms with Gasteiger partial charge in [0.15, 0.2) is 0 Å². The minimum atomic E-state index is -3.43. The van der Waals surface area contributed by atoms with Gasteiger partial charge in [-0.15, -0.1) is 0 Å². The number of carboxylic acid groups (broad SMARTS) is 1. The Morgan fingerprint density at radius 1 is 1.32 bits per heavy atom. The summed E-state index contributed by atoms with van der Waals surface area (Å²) in [5, 5.41) is 10.3. The van der Waals surface area contributed by atoms with Crippen molar-refractivity contribution < 1.29 is 18.3 Å². The number of carboxylic acids is 1. The first-order valence-electron chi connectivity index (χ1n) is 5.93. The first kappa shape index (κ1) is 13.8. The molecule has 102 valence electrons. The molecule has 0 radical (unpaired) electrons. The van der Waals surface area contributed by atoms with E-state index < -0.39 is 21.2 Å². The third-order valence-corrected chi connectivity index (χ3v) is 4.84. The monoisotopic (exact) mass is 280 g/mol. The number of allylic oxidation sites excluding steroid dienone is 1. The average Bonchev–Trinajstić information content (AvgIpc) is 2.49. The fraction of sp³-hybridized carbons (Fsp3) is 0.357. The van der Waals surface area contributed by atoms with E-state index in [1.54, 1.807) is 26.0 Å². The molecule has 1 aliphatic rings. The van der Waals surface area contributed by atoms with Gasteiger partial charge in [0.25, 0.3) is 0 Å². The highest BCUT2D eigenvalue weighted by Gasteiger charge is 2.34. The largest absolute Gasteiger partial charge is 0.481 e. The molecule has 1 aromatic rings. The summed E-state index contributed by atoms with van der Waals surface area (Å²) in [5.41, 5.74) is 1.07. The molecule has 0 aromatic heterocycles. The molecule has 1 heterocycles. The van der Waals surface area contributed by atoms with Gasteiger partial charge in [-0.2, -0.15) is 0 Å². The van der Waals surface area contributed by atoms with Crippen molar-refractivity contribution in [1.82, 2.24) is 0 Å². The molecule has 4 nitrogen and oxygen atoms in total. The second kappa shape index (κ2) is 4.20. The number of sulfone groups is 1. The van der Waals surface area contributed by atoms with Gasteiger partial charge in [0, 0.05) is 5.41 Å². The van der Waals surface area contributed by atoms with Crippen molar-refractivity contribution in [3.8, 4) is 0 Å².